The molecule has 2 aromatic rings. The molecule has 28 heavy (non-hydrogen) atoms. The number of aliphatic hydroxyl groups excluding tert-OH is 1. The maximum atomic E-state index is 11.5. The number of rotatable bonds is 4. The Bertz CT molecular complexity index is 844. The van der Waals surface area contributed by atoms with Crippen LogP contribution < -0.4 is 11.5 Å². The van der Waals surface area contributed by atoms with E-state index in [0.29, 0.717) is 12.0 Å². The third-order valence-electron chi connectivity index (χ3n) is 6.30. The normalized spacial score (nSPS) is 25.7. The van der Waals surface area contributed by atoms with Crippen molar-refractivity contribution in [2.45, 2.75) is 50.2 Å². The Labute approximate surface area is 165 Å². The molecule has 1 amide bonds. The van der Waals surface area contributed by atoms with E-state index in [1.165, 1.54) is 12.0 Å². The highest BCUT2D eigenvalue weighted by molar-refractivity contribution is 5.98. The van der Waals surface area contributed by atoms with E-state index < -0.39 is 5.91 Å². The van der Waals surface area contributed by atoms with Crippen LogP contribution in [0.25, 0.3) is 11.1 Å². The Balaban J connectivity index is 1.44. The van der Waals surface area contributed by atoms with Gasteiger partial charge in [-0.1, -0.05) is 24.3 Å². The summed E-state index contributed by atoms with van der Waals surface area (Å²) in [6.45, 7) is 2.23. The van der Waals surface area contributed by atoms with Gasteiger partial charge in [-0.25, -0.2) is 4.98 Å². The lowest BCUT2D eigenvalue weighted by atomic mass is 9.92. The van der Waals surface area contributed by atoms with Gasteiger partial charge < -0.3 is 16.6 Å². The number of hydrogen-bond acceptors (Lipinski definition) is 5. The molecule has 148 valence electrons. The molecule has 2 aliphatic rings. The zero-order valence-electron chi connectivity index (χ0n) is 16.1. The van der Waals surface area contributed by atoms with Crippen LogP contribution in [-0.2, 0) is 0 Å². The van der Waals surface area contributed by atoms with Crippen molar-refractivity contribution in [1.82, 2.24) is 9.88 Å². The maximum Gasteiger partial charge on any atom is 0.252 e. The number of benzene rings is 1. The van der Waals surface area contributed by atoms with E-state index >= 15 is 0 Å². The van der Waals surface area contributed by atoms with Crippen LogP contribution in [0.1, 0.15) is 53.9 Å². The van der Waals surface area contributed by atoms with Gasteiger partial charge in [-0.05, 0) is 61.8 Å². The van der Waals surface area contributed by atoms with Crippen LogP contribution in [-0.4, -0.2) is 46.1 Å². The van der Waals surface area contributed by atoms with E-state index in [2.05, 4.69) is 34.1 Å². The first-order valence-electron chi connectivity index (χ1n) is 10.1. The predicted molar refractivity (Wildman–Crippen MR) is 110 cm³/mol. The molecule has 1 aromatic heterocycles. The number of nitrogen functional groups attached to an aromatic ring is 1. The Morgan fingerprint density at radius 2 is 1.79 bits per heavy atom. The number of aliphatic hydroxyl groups is 1. The molecule has 1 atom stereocenters. The standard InChI is InChI=1S/C22H28N4O2/c23-21-20(22(24)28)11-17(12-25-21)15-3-1-14(2-4-15)16-9-10-26(13-16)18-5-7-19(27)8-6-18/h1-4,11-12,16,18-19,27H,5-10,13H2,(H2,23,25)(H2,24,28). The molecule has 1 saturated heterocycles. The second kappa shape index (κ2) is 7.89. The van der Waals surface area contributed by atoms with Crippen LogP contribution in [0, 0.1) is 0 Å². The summed E-state index contributed by atoms with van der Waals surface area (Å²) < 4.78 is 0. The highest BCUT2D eigenvalue weighted by Crippen LogP contribution is 2.33. The molecule has 1 aromatic carbocycles. The summed E-state index contributed by atoms with van der Waals surface area (Å²) in [6, 6.07) is 10.8. The molecule has 1 unspecified atom stereocenters. The maximum absolute atomic E-state index is 11.5. The molecule has 6 heteroatoms. The molecule has 6 nitrogen and oxygen atoms in total. The highest BCUT2D eigenvalue weighted by Gasteiger charge is 2.31. The largest absolute Gasteiger partial charge is 0.393 e. The van der Waals surface area contributed by atoms with E-state index in [9.17, 15) is 9.90 Å². The Hall–Kier alpha value is -2.44. The minimum absolute atomic E-state index is 0.0971. The van der Waals surface area contributed by atoms with Gasteiger partial charge in [0.1, 0.15) is 5.82 Å². The lowest BCUT2D eigenvalue weighted by molar-refractivity contribution is 0.0831. The number of primary amides is 1. The third kappa shape index (κ3) is 3.88. The van der Waals surface area contributed by atoms with E-state index in [0.717, 1.165) is 49.9 Å². The van der Waals surface area contributed by atoms with Crippen molar-refractivity contribution in [3.05, 3.63) is 47.7 Å². The van der Waals surface area contributed by atoms with Crippen molar-refractivity contribution >= 4 is 11.7 Å². The van der Waals surface area contributed by atoms with Crippen molar-refractivity contribution in [2.24, 2.45) is 5.73 Å². The smallest absolute Gasteiger partial charge is 0.252 e. The fourth-order valence-electron chi connectivity index (χ4n) is 4.59. The monoisotopic (exact) mass is 380 g/mol. The van der Waals surface area contributed by atoms with E-state index in [1.54, 1.807) is 12.3 Å². The molecular formula is C22H28N4O2. The van der Waals surface area contributed by atoms with E-state index in [4.69, 9.17) is 11.5 Å². The number of hydrogen-bond donors (Lipinski definition) is 3. The van der Waals surface area contributed by atoms with Crippen LogP contribution in [0.5, 0.6) is 0 Å². The zero-order chi connectivity index (χ0) is 19.7. The number of carbonyl (C=O) groups excluding carboxylic acids is 1. The average molecular weight is 380 g/mol. The fourth-order valence-corrected chi connectivity index (χ4v) is 4.59. The van der Waals surface area contributed by atoms with Gasteiger partial charge in [-0.3, -0.25) is 9.69 Å². The minimum atomic E-state index is -0.565. The summed E-state index contributed by atoms with van der Waals surface area (Å²) in [6.07, 6.45) is 6.84. The van der Waals surface area contributed by atoms with Gasteiger partial charge in [-0.15, -0.1) is 0 Å². The number of anilines is 1. The summed E-state index contributed by atoms with van der Waals surface area (Å²) in [5.74, 6) is 0.144. The molecule has 1 saturated carbocycles. The van der Waals surface area contributed by atoms with Crippen LogP contribution in [0.3, 0.4) is 0 Å². The molecule has 0 radical (unpaired) electrons. The first-order chi connectivity index (χ1) is 13.5. The Morgan fingerprint density at radius 3 is 2.46 bits per heavy atom. The molecule has 2 heterocycles. The van der Waals surface area contributed by atoms with Gasteiger partial charge in [0.15, 0.2) is 0 Å². The SMILES string of the molecule is NC(=O)c1cc(-c2ccc(C3CCN(C4CCC(O)CC4)C3)cc2)cnc1N. The number of nitrogens with two attached hydrogens (primary N) is 2. The quantitative estimate of drug-likeness (QED) is 0.756. The number of nitrogens with zero attached hydrogens (tertiary/aromatic N) is 2. The summed E-state index contributed by atoms with van der Waals surface area (Å²) in [5.41, 5.74) is 14.5. The first kappa shape index (κ1) is 18.9. The lowest BCUT2D eigenvalue weighted by Gasteiger charge is -2.33. The molecule has 0 bridgehead atoms. The molecule has 5 N–H and O–H groups in total. The molecular weight excluding hydrogens is 352 g/mol. The first-order valence-corrected chi connectivity index (χ1v) is 10.1. The van der Waals surface area contributed by atoms with Crippen LogP contribution >= 0.6 is 0 Å². The van der Waals surface area contributed by atoms with Crippen LogP contribution in [0.15, 0.2) is 36.5 Å². The number of carbonyl (C=O) groups is 1. The molecule has 4 rings (SSSR count). The van der Waals surface area contributed by atoms with Gasteiger partial charge in [0.25, 0.3) is 5.91 Å². The van der Waals surface area contributed by atoms with Crippen LogP contribution in [0.2, 0.25) is 0 Å². The Kier molecular flexibility index (Phi) is 5.33. The van der Waals surface area contributed by atoms with E-state index in [1.807, 2.05) is 0 Å². The third-order valence-corrected chi connectivity index (χ3v) is 6.30. The van der Waals surface area contributed by atoms with Crippen molar-refractivity contribution in [2.75, 3.05) is 18.8 Å². The molecule has 2 fully saturated rings. The minimum Gasteiger partial charge on any atom is -0.393 e. The van der Waals surface area contributed by atoms with Crippen molar-refractivity contribution in [1.29, 1.82) is 0 Å². The average Bonchev–Trinajstić information content (AvgIpc) is 3.19. The van der Waals surface area contributed by atoms with Gasteiger partial charge in [0.05, 0.1) is 11.7 Å². The van der Waals surface area contributed by atoms with Gasteiger partial charge in [0.2, 0.25) is 0 Å². The number of likely N-dealkylation sites (tertiary alicyclic amines) is 1. The lowest BCUT2D eigenvalue weighted by Crippen LogP contribution is -2.37. The number of amides is 1. The second-order valence-electron chi connectivity index (χ2n) is 8.09. The van der Waals surface area contributed by atoms with Crippen molar-refractivity contribution in [3.8, 4) is 11.1 Å². The zero-order valence-corrected chi connectivity index (χ0v) is 16.1. The topological polar surface area (TPSA) is 105 Å². The van der Waals surface area contributed by atoms with Crippen molar-refractivity contribution < 1.29 is 9.90 Å². The summed E-state index contributed by atoms with van der Waals surface area (Å²) in [4.78, 5) is 18.2. The highest BCUT2D eigenvalue weighted by atomic mass is 16.3. The molecule has 1 aliphatic heterocycles. The second-order valence-corrected chi connectivity index (χ2v) is 8.09. The number of pyridine rings is 1. The van der Waals surface area contributed by atoms with E-state index in [-0.39, 0.29) is 17.5 Å². The van der Waals surface area contributed by atoms with Gasteiger partial charge >= 0.3 is 0 Å². The van der Waals surface area contributed by atoms with Gasteiger partial charge in [-0.2, -0.15) is 0 Å². The molecule has 0 spiro atoms. The fraction of sp³-hybridized carbons (Fsp3) is 0.455. The van der Waals surface area contributed by atoms with Gasteiger partial charge in [0, 0.05) is 24.3 Å². The predicted octanol–water partition coefficient (Wildman–Crippen LogP) is 2.52. The summed E-state index contributed by atoms with van der Waals surface area (Å²) >= 11 is 0. The summed E-state index contributed by atoms with van der Waals surface area (Å²) in [7, 11) is 0. The molecule has 1 aliphatic carbocycles. The Morgan fingerprint density at radius 1 is 1.07 bits per heavy atom. The summed E-state index contributed by atoms with van der Waals surface area (Å²) in [5, 5.41) is 9.73. The number of aromatic nitrogens is 1. The van der Waals surface area contributed by atoms with Crippen LogP contribution in [0.4, 0.5) is 5.82 Å². The van der Waals surface area contributed by atoms with Crippen molar-refractivity contribution in [3.63, 3.8) is 0 Å².